The van der Waals surface area contributed by atoms with Crippen molar-refractivity contribution in [2.75, 3.05) is 5.75 Å². The minimum absolute atomic E-state index is 0.0722. The largest absolute Gasteiger partial charge is 0.335 e. The molecule has 0 aliphatic heterocycles. The molecular weight excluding hydrogens is 298 g/mol. The van der Waals surface area contributed by atoms with E-state index in [1.54, 1.807) is 29.8 Å². The van der Waals surface area contributed by atoms with Crippen LogP contribution in [0.15, 0.2) is 35.5 Å². The molecule has 1 atom stereocenters. The van der Waals surface area contributed by atoms with Crippen molar-refractivity contribution in [1.29, 1.82) is 0 Å². The predicted octanol–water partition coefficient (Wildman–Crippen LogP) is 2.10. The van der Waals surface area contributed by atoms with Crippen LogP contribution in [0.25, 0.3) is 0 Å². The number of nitrogens with zero attached hydrogens (tertiary/aromatic N) is 3. The van der Waals surface area contributed by atoms with Crippen molar-refractivity contribution in [3.63, 3.8) is 0 Å². The molecule has 0 aliphatic carbocycles. The van der Waals surface area contributed by atoms with Gasteiger partial charge in [-0.3, -0.25) is 4.68 Å². The quantitative estimate of drug-likeness (QED) is 0.800. The van der Waals surface area contributed by atoms with Crippen molar-refractivity contribution in [3.05, 3.63) is 42.0 Å². The highest BCUT2D eigenvalue weighted by Gasteiger charge is 2.08. The number of aryl methyl sites for hydroxylation is 2. The van der Waals surface area contributed by atoms with Crippen LogP contribution in [0.5, 0.6) is 0 Å². The van der Waals surface area contributed by atoms with Gasteiger partial charge in [-0.05, 0) is 26.0 Å². The molecule has 0 bridgehead atoms. The predicted molar refractivity (Wildman–Crippen MR) is 87.7 cm³/mol. The first-order chi connectivity index (χ1) is 10.5. The summed E-state index contributed by atoms with van der Waals surface area (Å²) < 4.78 is 1.61. The average Bonchev–Trinajstić information content (AvgIpc) is 2.90. The Morgan fingerprint density at radius 2 is 2.09 bits per heavy atom. The first-order valence-electron chi connectivity index (χ1n) is 7.11. The van der Waals surface area contributed by atoms with Crippen molar-refractivity contribution in [1.82, 2.24) is 25.4 Å². The molecule has 0 radical (unpaired) electrons. The third-order valence-corrected chi connectivity index (χ3v) is 4.22. The second kappa shape index (κ2) is 7.84. The van der Waals surface area contributed by atoms with E-state index < -0.39 is 0 Å². The minimum Gasteiger partial charge on any atom is -0.335 e. The maximum Gasteiger partial charge on any atom is 0.315 e. The number of urea groups is 1. The van der Waals surface area contributed by atoms with E-state index >= 15 is 0 Å². The third kappa shape index (κ3) is 5.40. The molecule has 0 saturated heterocycles. The minimum atomic E-state index is -0.204. The lowest BCUT2D eigenvalue weighted by Crippen LogP contribution is -2.41. The first-order valence-corrected chi connectivity index (χ1v) is 8.10. The van der Waals surface area contributed by atoms with Gasteiger partial charge in [0.05, 0.1) is 6.54 Å². The zero-order valence-corrected chi connectivity index (χ0v) is 13.9. The molecular formula is C15H21N5OS. The molecule has 0 fully saturated rings. The summed E-state index contributed by atoms with van der Waals surface area (Å²) in [7, 11) is 1.79. The van der Waals surface area contributed by atoms with Gasteiger partial charge in [-0.25, -0.2) is 9.78 Å². The summed E-state index contributed by atoms with van der Waals surface area (Å²) in [6.45, 7) is 4.38. The van der Waals surface area contributed by atoms with Gasteiger partial charge in [-0.2, -0.15) is 5.10 Å². The van der Waals surface area contributed by atoms with Crippen LogP contribution in [-0.2, 0) is 13.6 Å². The maximum atomic E-state index is 11.8. The number of carbonyl (C=O) groups is 1. The molecule has 7 heteroatoms. The van der Waals surface area contributed by atoms with E-state index in [-0.39, 0.29) is 12.1 Å². The third-order valence-electron chi connectivity index (χ3n) is 2.95. The SMILES string of the molecule is Cc1ccc(SC[C@H](C)NC(=O)NCc2ncn(C)n2)cc1. The highest BCUT2D eigenvalue weighted by Crippen LogP contribution is 2.18. The molecule has 1 aromatic heterocycles. The van der Waals surface area contributed by atoms with Gasteiger partial charge in [0.15, 0.2) is 5.82 Å². The molecule has 2 aromatic rings. The van der Waals surface area contributed by atoms with Crippen LogP contribution in [0.2, 0.25) is 0 Å². The van der Waals surface area contributed by atoms with Gasteiger partial charge in [0.25, 0.3) is 0 Å². The number of thioether (sulfide) groups is 1. The fourth-order valence-corrected chi connectivity index (χ4v) is 2.65. The summed E-state index contributed by atoms with van der Waals surface area (Å²) >= 11 is 1.73. The number of hydrogen-bond acceptors (Lipinski definition) is 4. The van der Waals surface area contributed by atoms with E-state index in [9.17, 15) is 4.79 Å². The van der Waals surface area contributed by atoms with Crippen LogP contribution in [0, 0.1) is 6.92 Å². The molecule has 118 valence electrons. The number of benzene rings is 1. The smallest absolute Gasteiger partial charge is 0.315 e. The van der Waals surface area contributed by atoms with E-state index in [2.05, 4.69) is 51.9 Å². The fraction of sp³-hybridized carbons (Fsp3) is 0.400. The Hall–Kier alpha value is -2.02. The summed E-state index contributed by atoms with van der Waals surface area (Å²) in [5.74, 6) is 1.41. The van der Waals surface area contributed by atoms with Crippen molar-refractivity contribution in [3.8, 4) is 0 Å². The normalized spacial score (nSPS) is 12.0. The Bertz CT molecular complexity index is 611. The van der Waals surface area contributed by atoms with Crippen LogP contribution in [0.3, 0.4) is 0 Å². The van der Waals surface area contributed by atoms with E-state index in [0.29, 0.717) is 12.4 Å². The van der Waals surface area contributed by atoms with E-state index in [0.717, 1.165) is 5.75 Å². The lowest BCUT2D eigenvalue weighted by Gasteiger charge is -2.14. The summed E-state index contributed by atoms with van der Waals surface area (Å²) in [5, 5.41) is 9.76. The number of carbonyl (C=O) groups excluding carboxylic acids is 1. The van der Waals surface area contributed by atoms with Crippen molar-refractivity contribution in [2.24, 2.45) is 7.05 Å². The van der Waals surface area contributed by atoms with Crippen molar-refractivity contribution < 1.29 is 4.79 Å². The van der Waals surface area contributed by atoms with Crippen LogP contribution >= 0.6 is 11.8 Å². The van der Waals surface area contributed by atoms with Crippen LogP contribution in [0.4, 0.5) is 4.79 Å². The summed E-state index contributed by atoms with van der Waals surface area (Å²) in [6, 6.07) is 8.24. The molecule has 1 heterocycles. The molecule has 0 saturated carbocycles. The van der Waals surface area contributed by atoms with E-state index in [1.165, 1.54) is 10.5 Å². The van der Waals surface area contributed by atoms with Gasteiger partial charge < -0.3 is 10.6 Å². The Morgan fingerprint density at radius 1 is 1.36 bits per heavy atom. The highest BCUT2D eigenvalue weighted by atomic mass is 32.2. The molecule has 0 unspecified atom stereocenters. The Labute approximate surface area is 134 Å². The Kier molecular flexibility index (Phi) is 5.83. The zero-order chi connectivity index (χ0) is 15.9. The molecule has 22 heavy (non-hydrogen) atoms. The summed E-state index contributed by atoms with van der Waals surface area (Å²) in [5.41, 5.74) is 1.25. The molecule has 2 rings (SSSR count). The van der Waals surface area contributed by atoms with Crippen LogP contribution < -0.4 is 10.6 Å². The van der Waals surface area contributed by atoms with Crippen molar-refractivity contribution in [2.45, 2.75) is 31.3 Å². The van der Waals surface area contributed by atoms with Gasteiger partial charge in [-0.1, -0.05) is 17.7 Å². The summed E-state index contributed by atoms with van der Waals surface area (Å²) in [6.07, 6.45) is 1.61. The molecule has 0 spiro atoms. The lowest BCUT2D eigenvalue weighted by atomic mass is 10.2. The molecule has 1 aromatic carbocycles. The van der Waals surface area contributed by atoms with Gasteiger partial charge in [0.1, 0.15) is 6.33 Å². The number of hydrogen-bond donors (Lipinski definition) is 2. The average molecular weight is 319 g/mol. The topological polar surface area (TPSA) is 71.8 Å². The van der Waals surface area contributed by atoms with Crippen LogP contribution in [0.1, 0.15) is 18.3 Å². The number of amides is 2. The van der Waals surface area contributed by atoms with Gasteiger partial charge in [-0.15, -0.1) is 11.8 Å². The number of aromatic nitrogens is 3. The Balaban J connectivity index is 1.68. The standard InChI is InChI=1S/C15H21N5OS/c1-11-4-6-13(7-5-11)22-9-12(2)18-15(21)16-8-14-17-10-20(3)19-14/h4-7,10,12H,8-9H2,1-3H3,(H2,16,18,21)/t12-/m0/s1. The zero-order valence-electron chi connectivity index (χ0n) is 13.0. The van der Waals surface area contributed by atoms with Gasteiger partial charge >= 0.3 is 6.03 Å². The lowest BCUT2D eigenvalue weighted by molar-refractivity contribution is 0.238. The van der Waals surface area contributed by atoms with E-state index in [1.807, 2.05) is 6.92 Å². The number of nitrogens with one attached hydrogen (secondary N) is 2. The Morgan fingerprint density at radius 3 is 2.73 bits per heavy atom. The van der Waals surface area contributed by atoms with Gasteiger partial charge in [0.2, 0.25) is 0 Å². The fourth-order valence-electron chi connectivity index (χ4n) is 1.80. The van der Waals surface area contributed by atoms with Crippen molar-refractivity contribution >= 4 is 17.8 Å². The van der Waals surface area contributed by atoms with Gasteiger partial charge in [0, 0.05) is 23.7 Å². The first kappa shape index (κ1) is 16.4. The molecule has 2 N–H and O–H groups in total. The maximum absolute atomic E-state index is 11.8. The van der Waals surface area contributed by atoms with Crippen LogP contribution in [-0.4, -0.2) is 32.6 Å². The molecule has 6 nitrogen and oxygen atoms in total. The van der Waals surface area contributed by atoms with E-state index in [4.69, 9.17) is 0 Å². The summed E-state index contributed by atoms with van der Waals surface area (Å²) in [4.78, 5) is 17.1. The molecule has 0 aliphatic rings. The number of rotatable bonds is 6. The monoisotopic (exact) mass is 319 g/mol. The highest BCUT2D eigenvalue weighted by molar-refractivity contribution is 7.99. The second-order valence-corrected chi connectivity index (χ2v) is 6.28. The molecule has 2 amide bonds. The second-order valence-electron chi connectivity index (χ2n) is 5.19.